The third-order valence-electron chi connectivity index (χ3n) is 2.96. The number of H-pyrrole nitrogens is 1. The van der Waals surface area contributed by atoms with Gasteiger partial charge in [0, 0.05) is 26.0 Å². The number of rotatable bonds is 3. The number of nitrogens with zero attached hydrogens (tertiary/aromatic N) is 4. The van der Waals surface area contributed by atoms with E-state index in [1.807, 2.05) is 30.1 Å². The summed E-state index contributed by atoms with van der Waals surface area (Å²) in [4.78, 5) is 7.45. The summed E-state index contributed by atoms with van der Waals surface area (Å²) in [5, 5.41) is 4.75. The second-order valence-electron chi connectivity index (χ2n) is 4.38. The van der Waals surface area contributed by atoms with Crippen LogP contribution in [0.25, 0.3) is 11.2 Å². The Morgan fingerprint density at radius 3 is 3.00 bits per heavy atom. The molecule has 0 saturated carbocycles. The Morgan fingerprint density at radius 2 is 2.26 bits per heavy atom. The minimum atomic E-state index is 0.600. The monoisotopic (exact) mass is 293 g/mol. The Kier molecular flexibility index (Phi) is 3.12. The number of fused-ring (bicyclic) bond motifs is 1. The molecule has 0 bridgehead atoms. The molecule has 0 aromatic carbocycles. The minimum Gasteiger partial charge on any atom is -0.329 e. The normalized spacial score (nSPS) is 11.3. The molecule has 5 nitrogen and oxygen atoms in total. The topological polar surface area (TPSA) is 51.4 Å². The highest BCUT2D eigenvalue weighted by molar-refractivity contribution is 7.71. The molecule has 7 heteroatoms. The number of halogens is 1. The van der Waals surface area contributed by atoms with E-state index in [1.165, 1.54) is 5.56 Å². The van der Waals surface area contributed by atoms with Gasteiger partial charge in [-0.05, 0) is 30.3 Å². The van der Waals surface area contributed by atoms with E-state index in [2.05, 4.69) is 15.1 Å². The van der Waals surface area contributed by atoms with Crippen LogP contribution >= 0.6 is 23.8 Å². The summed E-state index contributed by atoms with van der Waals surface area (Å²) in [6.45, 7) is 0.763. The maximum absolute atomic E-state index is 5.92. The van der Waals surface area contributed by atoms with E-state index in [1.54, 1.807) is 10.9 Å². The molecule has 3 heterocycles. The van der Waals surface area contributed by atoms with Crippen LogP contribution in [0.3, 0.4) is 0 Å². The van der Waals surface area contributed by atoms with Gasteiger partial charge in [0.25, 0.3) is 0 Å². The molecule has 0 atom stereocenters. The van der Waals surface area contributed by atoms with Gasteiger partial charge in [-0.25, -0.2) is 4.98 Å². The number of aromatic amines is 1. The molecule has 1 N–H and O–H groups in total. The molecule has 0 unspecified atom stereocenters. The lowest BCUT2D eigenvalue weighted by atomic mass is 10.2. The van der Waals surface area contributed by atoms with Crippen LogP contribution in [0.4, 0.5) is 0 Å². The van der Waals surface area contributed by atoms with Gasteiger partial charge < -0.3 is 9.55 Å². The van der Waals surface area contributed by atoms with Crippen LogP contribution < -0.4 is 0 Å². The summed E-state index contributed by atoms with van der Waals surface area (Å²) >= 11 is 11.2. The zero-order chi connectivity index (χ0) is 13.4. The predicted molar refractivity (Wildman–Crippen MR) is 76.8 cm³/mol. The van der Waals surface area contributed by atoms with Crippen molar-refractivity contribution in [2.45, 2.75) is 13.0 Å². The van der Waals surface area contributed by atoms with Crippen LogP contribution in [-0.4, -0.2) is 24.3 Å². The van der Waals surface area contributed by atoms with Crippen LogP contribution in [0.15, 0.2) is 24.7 Å². The Labute approximate surface area is 119 Å². The van der Waals surface area contributed by atoms with Crippen molar-refractivity contribution >= 4 is 35.0 Å². The third-order valence-corrected chi connectivity index (χ3v) is 3.49. The number of aryl methyl sites for hydroxylation is 3. The Balaban J connectivity index is 1.92. The fraction of sp³-hybridized carbons (Fsp3) is 0.250. The molecule has 0 radical (unpaired) electrons. The fourth-order valence-electron chi connectivity index (χ4n) is 2.07. The van der Waals surface area contributed by atoms with Gasteiger partial charge in [-0.1, -0.05) is 11.6 Å². The van der Waals surface area contributed by atoms with Crippen molar-refractivity contribution in [1.29, 1.82) is 0 Å². The fourth-order valence-corrected chi connectivity index (χ4v) is 2.51. The molecule has 0 spiro atoms. The van der Waals surface area contributed by atoms with E-state index in [9.17, 15) is 0 Å². The lowest BCUT2D eigenvalue weighted by Crippen LogP contribution is -2.02. The summed E-state index contributed by atoms with van der Waals surface area (Å²) in [5.41, 5.74) is 2.87. The van der Waals surface area contributed by atoms with E-state index >= 15 is 0 Å². The largest absolute Gasteiger partial charge is 0.329 e. The first-order chi connectivity index (χ1) is 9.13. The predicted octanol–water partition coefficient (Wildman–Crippen LogP) is 2.72. The molecule has 19 heavy (non-hydrogen) atoms. The molecule has 98 valence electrons. The first-order valence-corrected chi connectivity index (χ1v) is 6.64. The smallest absolute Gasteiger partial charge is 0.179 e. The number of pyridine rings is 1. The van der Waals surface area contributed by atoms with Gasteiger partial charge in [0.05, 0.1) is 16.7 Å². The first-order valence-electron chi connectivity index (χ1n) is 5.85. The summed E-state index contributed by atoms with van der Waals surface area (Å²) in [6.07, 6.45) is 6.36. The summed E-state index contributed by atoms with van der Waals surface area (Å²) < 4.78 is 4.43. The third kappa shape index (κ3) is 2.41. The first kappa shape index (κ1) is 12.4. The van der Waals surface area contributed by atoms with E-state index in [0.29, 0.717) is 9.79 Å². The van der Waals surface area contributed by atoms with Gasteiger partial charge in [0.2, 0.25) is 0 Å². The van der Waals surface area contributed by atoms with E-state index in [4.69, 9.17) is 23.8 Å². The summed E-state index contributed by atoms with van der Waals surface area (Å²) in [6, 6.07) is 1.83. The Morgan fingerprint density at radius 1 is 1.42 bits per heavy atom. The molecule has 0 saturated heterocycles. The zero-order valence-electron chi connectivity index (χ0n) is 10.3. The lowest BCUT2D eigenvalue weighted by molar-refractivity contribution is 0.699. The van der Waals surface area contributed by atoms with Crippen LogP contribution in [0.1, 0.15) is 5.56 Å². The van der Waals surface area contributed by atoms with E-state index in [0.717, 1.165) is 24.1 Å². The van der Waals surface area contributed by atoms with Crippen molar-refractivity contribution in [2.75, 3.05) is 0 Å². The zero-order valence-corrected chi connectivity index (χ0v) is 11.9. The molecule has 0 amide bonds. The molecular formula is C12H12ClN5S. The van der Waals surface area contributed by atoms with Crippen LogP contribution in [0.5, 0.6) is 0 Å². The average molecular weight is 294 g/mol. The number of aromatic nitrogens is 5. The average Bonchev–Trinajstić information content (AvgIpc) is 2.89. The standard InChI is InChI=1S/C12H12ClN5S/c1-17-7-8(5-15-17)2-3-18-11-10(16-12(18)19)4-9(13)6-14-11/h4-7H,2-3H2,1H3,(H,16,19). The highest BCUT2D eigenvalue weighted by atomic mass is 35.5. The van der Waals surface area contributed by atoms with Gasteiger partial charge in [-0.3, -0.25) is 4.68 Å². The molecule has 3 aromatic heterocycles. The van der Waals surface area contributed by atoms with Crippen LogP contribution in [0, 0.1) is 4.77 Å². The molecule has 0 aliphatic heterocycles. The molecular weight excluding hydrogens is 282 g/mol. The number of imidazole rings is 1. The number of nitrogens with one attached hydrogen (secondary N) is 1. The maximum atomic E-state index is 5.92. The quantitative estimate of drug-likeness (QED) is 0.756. The van der Waals surface area contributed by atoms with E-state index in [-0.39, 0.29) is 0 Å². The van der Waals surface area contributed by atoms with Gasteiger partial charge >= 0.3 is 0 Å². The van der Waals surface area contributed by atoms with Crippen molar-refractivity contribution < 1.29 is 0 Å². The molecule has 0 aliphatic carbocycles. The highest BCUT2D eigenvalue weighted by Crippen LogP contribution is 2.16. The SMILES string of the molecule is Cn1cc(CCn2c(=S)[nH]c3cc(Cl)cnc32)cn1. The van der Waals surface area contributed by atoms with Crippen LogP contribution in [0.2, 0.25) is 5.02 Å². The highest BCUT2D eigenvalue weighted by Gasteiger charge is 2.07. The Hall–Kier alpha value is -1.66. The number of hydrogen-bond donors (Lipinski definition) is 1. The minimum absolute atomic E-state index is 0.600. The summed E-state index contributed by atoms with van der Waals surface area (Å²) in [7, 11) is 1.91. The molecule has 0 aliphatic rings. The van der Waals surface area contributed by atoms with Gasteiger partial charge in [-0.2, -0.15) is 5.10 Å². The second-order valence-corrected chi connectivity index (χ2v) is 5.20. The van der Waals surface area contributed by atoms with Gasteiger partial charge in [0.15, 0.2) is 10.4 Å². The van der Waals surface area contributed by atoms with Crippen molar-refractivity contribution in [2.24, 2.45) is 7.05 Å². The lowest BCUT2D eigenvalue weighted by Gasteiger charge is -2.02. The van der Waals surface area contributed by atoms with Crippen molar-refractivity contribution in [3.63, 3.8) is 0 Å². The van der Waals surface area contributed by atoms with Gasteiger partial charge in [0.1, 0.15) is 0 Å². The maximum Gasteiger partial charge on any atom is 0.179 e. The van der Waals surface area contributed by atoms with Crippen molar-refractivity contribution in [1.82, 2.24) is 24.3 Å². The van der Waals surface area contributed by atoms with E-state index < -0.39 is 0 Å². The Bertz CT molecular complexity index is 785. The molecule has 0 fully saturated rings. The molecule has 3 aromatic rings. The molecule has 3 rings (SSSR count). The summed E-state index contributed by atoms with van der Waals surface area (Å²) in [5.74, 6) is 0. The number of hydrogen-bond acceptors (Lipinski definition) is 3. The van der Waals surface area contributed by atoms with Crippen molar-refractivity contribution in [3.05, 3.63) is 40.0 Å². The van der Waals surface area contributed by atoms with Gasteiger partial charge in [-0.15, -0.1) is 0 Å². The van der Waals surface area contributed by atoms with Crippen molar-refractivity contribution in [3.8, 4) is 0 Å². The second kappa shape index (κ2) is 4.79. The van der Waals surface area contributed by atoms with Crippen LogP contribution in [-0.2, 0) is 20.0 Å².